The van der Waals surface area contributed by atoms with Crippen LogP contribution in [0.25, 0.3) is 0 Å². The summed E-state index contributed by atoms with van der Waals surface area (Å²) in [5.41, 5.74) is 7.30. The van der Waals surface area contributed by atoms with E-state index < -0.39 is 0 Å². The molecule has 1 aromatic heterocycles. The van der Waals surface area contributed by atoms with Crippen LogP contribution in [0.4, 0.5) is 11.5 Å². The molecule has 88 valence electrons. The first-order valence-electron chi connectivity index (χ1n) is 5.60. The van der Waals surface area contributed by atoms with Crippen LogP contribution in [0.15, 0.2) is 12.1 Å². The highest BCUT2D eigenvalue weighted by molar-refractivity contribution is 5.50. The molecule has 1 fully saturated rings. The number of hydrogen-bond acceptors (Lipinski definition) is 4. The van der Waals surface area contributed by atoms with Gasteiger partial charge in [-0.3, -0.25) is 0 Å². The lowest BCUT2D eigenvalue weighted by Gasteiger charge is -2.38. The van der Waals surface area contributed by atoms with Crippen LogP contribution >= 0.6 is 0 Å². The Balaban J connectivity index is 2.20. The number of nitrogens with zero attached hydrogens (tertiary/aromatic N) is 2. The SMILES string of the molecule is Cc1nc(N2CCOC(C)(C)C2)ccc1N. The second kappa shape index (κ2) is 3.94. The first-order valence-corrected chi connectivity index (χ1v) is 5.60. The first kappa shape index (κ1) is 11.2. The van der Waals surface area contributed by atoms with Gasteiger partial charge >= 0.3 is 0 Å². The summed E-state index contributed by atoms with van der Waals surface area (Å²) in [5, 5.41) is 0. The van der Waals surface area contributed by atoms with E-state index in [1.54, 1.807) is 0 Å². The van der Waals surface area contributed by atoms with Crippen molar-refractivity contribution in [3.8, 4) is 0 Å². The second-order valence-corrected chi connectivity index (χ2v) is 4.87. The van der Waals surface area contributed by atoms with Crippen LogP contribution < -0.4 is 10.6 Å². The van der Waals surface area contributed by atoms with E-state index >= 15 is 0 Å². The van der Waals surface area contributed by atoms with Gasteiger partial charge in [-0.05, 0) is 32.9 Å². The zero-order valence-electron chi connectivity index (χ0n) is 10.2. The minimum absolute atomic E-state index is 0.102. The van der Waals surface area contributed by atoms with Crippen LogP contribution in [0.1, 0.15) is 19.5 Å². The summed E-state index contributed by atoms with van der Waals surface area (Å²) in [4.78, 5) is 6.75. The number of ether oxygens (including phenoxy) is 1. The number of pyridine rings is 1. The fraction of sp³-hybridized carbons (Fsp3) is 0.583. The Labute approximate surface area is 96.4 Å². The molecule has 2 N–H and O–H groups in total. The summed E-state index contributed by atoms with van der Waals surface area (Å²) in [6, 6.07) is 3.89. The summed E-state index contributed by atoms with van der Waals surface area (Å²) in [7, 11) is 0. The molecule has 2 rings (SSSR count). The van der Waals surface area contributed by atoms with Gasteiger partial charge in [0, 0.05) is 13.1 Å². The molecule has 0 saturated carbocycles. The van der Waals surface area contributed by atoms with Gasteiger partial charge in [0.15, 0.2) is 0 Å². The molecule has 4 heteroatoms. The van der Waals surface area contributed by atoms with Gasteiger partial charge in [-0.15, -0.1) is 0 Å². The Morgan fingerprint density at radius 2 is 2.19 bits per heavy atom. The summed E-state index contributed by atoms with van der Waals surface area (Å²) < 4.78 is 5.68. The average molecular weight is 221 g/mol. The van der Waals surface area contributed by atoms with E-state index in [1.165, 1.54) is 0 Å². The zero-order valence-corrected chi connectivity index (χ0v) is 10.2. The van der Waals surface area contributed by atoms with Crippen LogP contribution in [-0.2, 0) is 4.74 Å². The van der Waals surface area contributed by atoms with Crippen molar-refractivity contribution in [3.63, 3.8) is 0 Å². The minimum Gasteiger partial charge on any atom is -0.397 e. The predicted molar refractivity (Wildman–Crippen MR) is 65.6 cm³/mol. The molecule has 1 aliphatic rings. The summed E-state index contributed by atoms with van der Waals surface area (Å²) in [6.45, 7) is 8.64. The number of nitrogen functional groups attached to an aromatic ring is 1. The van der Waals surface area contributed by atoms with Gasteiger partial charge < -0.3 is 15.4 Å². The molecule has 0 unspecified atom stereocenters. The number of aromatic nitrogens is 1. The lowest BCUT2D eigenvalue weighted by Crippen LogP contribution is -2.48. The largest absolute Gasteiger partial charge is 0.397 e. The molecule has 1 aliphatic heterocycles. The maximum absolute atomic E-state index is 5.77. The van der Waals surface area contributed by atoms with E-state index in [4.69, 9.17) is 10.5 Å². The fourth-order valence-corrected chi connectivity index (χ4v) is 1.95. The molecule has 1 saturated heterocycles. The Morgan fingerprint density at radius 3 is 2.81 bits per heavy atom. The summed E-state index contributed by atoms with van der Waals surface area (Å²) >= 11 is 0. The van der Waals surface area contributed by atoms with Crippen LogP contribution in [-0.4, -0.2) is 30.3 Å². The third kappa shape index (κ3) is 2.27. The van der Waals surface area contributed by atoms with E-state index in [0.717, 1.165) is 36.9 Å². The Hall–Kier alpha value is -1.29. The number of morpholine rings is 1. The molecule has 1 aromatic rings. The van der Waals surface area contributed by atoms with Crippen LogP contribution in [0.2, 0.25) is 0 Å². The van der Waals surface area contributed by atoms with Gasteiger partial charge in [-0.1, -0.05) is 0 Å². The summed E-state index contributed by atoms with van der Waals surface area (Å²) in [5.74, 6) is 0.989. The number of aryl methyl sites for hydroxylation is 1. The Kier molecular flexibility index (Phi) is 2.76. The molecule has 0 aromatic carbocycles. The normalized spacial score (nSPS) is 19.8. The number of hydrogen-bond donors (Lipinski definition) is 1. The fourth-order valence-electron chi connectivity index (χ4n) is 1.95. The highest BCUT2D eigenvalue weighted by Crippen LogP contribution is 2.22. The molecule has 16 heavy (non-hydrogen) atoms. The average Bonchev–Trinajstić information content (AvgIpc) is 2.20. The minimum atomic E-state index is -0.102. The van der Waals surface area contributed by atoms with E-state index in [1.807, 2.05) is 19.1 Å². The maximum atomic E-state index is 5.77. The molecule has 0 bridgehead atoms. The second-order valence-electron chi connectivity index (χ2n) is 4.87. The molecule has 2 heterocycles. The lowest BCUT2D eigenvalue weighted by molar-refractivity contribution is -0.0279. The van der Waals surface area contributed by atoms with Gasteiger partial charge in [-0.2, -0.15) is 0 Å². The van der Waals surface area contributed by atoms with E-state index in [-0.39, 0.29) is 5.60 Å². The Bertz CT molecular complexity index is 390. The van der Waals surface area contributed by atoms with E-state index in [9.17, 15) is 0 Å². The van der Waals surface area contributed by atoms with Crippen molar-refractivity contribution >= 4 is 11.5 Å². The number of nitrogens with two attached hydrogens (primary N) is 1. The van der Waals surface area contributed by atoms with Crippen molar-refractivity contribution in [2.45, 2.75) is 26.4 Å². The third-order valence-electron chi connectivity index (χ3n) is 2.86. The zero-order chi connectivity index (χ0) is 11.8. The Morgan fingerprint density at radius 1 is 1.44 bits per heavy atom. The van der Waals surface area contributed by atoms with Crippen molar-refractivity contribution in [1.82, 2.24) is 4.98 Å². The standard InChI is InChI=1S/C12H19N3O/c1-9-10(13)4-5-11(14-9)15-6-7-16-12(2,3)8-15/h4-5H,6-8,13H2,1-3H3. The molecular weight excluding hydrogens is 202 g/mol. The van der Waals surface area contributed by atoms with Crippen molar-refractivity contribution in [2.75, 3.05) is 30.3 Å². The monoisotopic (exact) mass is 221 g/mol. The summed E-state index contributed by atoms with van der Waals surface area (Å²) in [6.07, 6.45) is 0. The maximum Gasteiger partial charge on any atom is 0.129 e. The smallest absolute Gasteiger partial charge is 0.129 e. The third-order valence-corrected chi connectivity index (χ3v) is 2.86. The molecule has 0 aliphatic carbocycles. The van der Waals surface area contributed by atoms with Crippen LogP contribution in [0, 0.1) is 6.92 Å². The van der Waals surface area contributed by atoms with Gasteiger partial charge in [0.25, 0.3) is 0 Å². The highest BCUT2D eigenvalue weighted by Gasteiger charge is 2.27. The molecule has 0 amide bonds. The van der Waals surface area contributed by atoms with Gasteiger partial charge in [0.2, 0.25) is 0 Å². The van der Waals surface area contributed by atoms with Crippen LogP contribution in [0.5, 0.6) is 0 Å². The van der Waals surface area contributed by atoms with E-state index in [2.05, 4.69) is 23.7 Å². The van der Waals surface area contributed by atoms with E-state index in [0.29, 0.717) is 0 Å². The van der Waals surface area contributed by atoms with Gasteiger partial charge in [0.1, 0.15) is 5.82 Å². The van der Waals surface area contributed by atoms with Gasteiger partial charge in [0.05, 0.1) is 23.6 Å². The van der Waals surface area contributed by atoms with Crippen molar-refractivity contribution in [2.24, 2.45) is 0 Å². The van der Waals surface area contributed by atoms with Crippen molar-refractivity contribution in [3.05, 3.63) is 17.8 Å². The molecule has 0 radical (unpaired) electrons. The quantitative estimate of drug-likeness (QED) is 0.782. The molecular formula is C12H19N3O. The molecule has 0 atom stereocenters. The first-order chi connectivity index (χ1) is 7.48. The molecule has 4 nitrogen and oxygen atoms in total. The molecule has 0 spiro atoms. The van der Waals surface area contributed by atoms with Crippen molar-refractivity contribution < 1.29 is 4.74 Å². The number of anilines is 2. The lowest BCUT2D eigenvalue weighted by atomic mass is 10.1. The number of rotatable bonds is 1. The topological polar surface area (TPSA) is 51.4 Å². The predicted octanol–water partition coefficient (Wildman–Crippen LogP) is 1.59. The van der Waals surface area contributed by atoms with Crippen LogP contribution in [0.3, 0.4) is 0 Å². The van der Waals surface area contributed by atoms with Gasteiger partial charge in [-0.25, -0.2) is 4.98 Å². The highest BCUT2D eigenvalue weighted by atomic mass is 16.5. The van der Waals surface area contributed by atoms with Crippen molar-refractivity contribution in [1.29, 1.82) is 0 Å².